The Kier molecular flexibility index (Phi) is 10.9. The van der Waals surface area contributed by atoms with Crippen LogP contribution < -0.4 is 0 Å². The van der Waals surface area contributed by atoms with E-state index >= 15 is 0 Å². The zero-order valence-corrected chi connectivity index (χ0v) is 28.9. The molecule has 0 saturated heterocycles. The molecule has 1 atom stereocenters. The van der Waals surface area contributed by atoms with E-state index in [-0.39, 0.29) is 51.6 Å². The Labute approximate surface area is 249 Å². The summed E-state index contributed by atoms with van der Waals surface area (Å²) in [6, 6.07) is 8.22. The van der Waals surface area contributed by atoms with Gasteiger partial charge < -0.3 is 10.2 Å². The van der Waals surface area contributed by atoms with Gasteiger partial charge in [0.05, 0.1) is 12.6 Å². The van der Waals surface area contributed by atoms with E-state index in [2.05, 4.69) is 100 Å². The van der Waals surface area contributed by atoms with Gasteiger partial charge >= 0.3 is 0 Å². The minimum absolute atomic E-state index is 0. The van der Waals surface area contributed by atoms with Crippen molar-refractivity contribution in [3.8, 4) is 11.5 Å². The zero-order chi connectivity index (χ0) is 28.6. The van der Waals surface area contributed by atoms with Crippen molar-refractivity contribution in [2.24, 2.45) is 9.98 Å². The molecule has 2 N–H and O–H groups in total. The van der Waals surface area contributed by atoms with Gasteiger partial charge in [0.25, 0.3) is 0 Å². The van der Waals surface area contributed by atoms with Gasteiger partial charge in [-0.1, -0.05) is 95.2 Å². The number of rotatable bonds is 5. The first-order valence-corrected chi connectivity index (χ1v) is 13.4. The molecule has 0 aliphatic carbocycles. The van der Waals surface area contributed by atoms with Gasteiger partial charge in [-0.25, -0.2) is 0 Å². The topological polar surface area (TPSA) is 65.2 Å². The third kappa shape index (κ3) is 8.86. The summed E-state index contributed by atoms with van der Waals surface area (Å²) in [6.07, 6.45) is 3.54. The molecule has 0 bridgehead atoms. The molecular weight excluding hydrogens is 575 g/mol. The van der Waals surface area contributed by atoms with Crippen molar-refractivity contribution in [2.75, 3.05) is 6.54 Å². The van der Waals surface area contributed by atoms with Crippen molar-refractivity contribution in [1.29, 1.82) is 0 Å². The van der Waals surface area contributed by atoms with Crippen LogP contribution in [0.5, 0.6) is 11.5 Å². The van der Waals surface area contributed by atoms with E-state index in [1.54, 1.807) is 12.4 Å². The minimum Gasteiger partial charge on any atom is -0.507 e. The minimum atomic E-state index is -0.181. The van der Waals surface area contributed by atoms with Crippen molar-refractivity contribution in [2.45, 2.75) is 118 Å². The van der Waals surface area contributed by atoms with Crippen molar-refractivity contribution >= 4 is 36.3 Å². The maximum atomic E-state index is 11.0. The second-order valence-electron chi connectivity index (χ2n) is 14.5. The summed E-state index contributed by atoms with van der Waals surface area (Å²) in [5.41, 5.74) is 5.23. The van der Waals surface area contributed by atoms with Crippen molar-refractivity contribution in [3.05, 3.63) is 57.6 Å². The molecule has 0 spiro atoms. The molecule has 0 aliphatic rings. The van der Waals surface area contributed by atoms with Gasteiger partial charge in [-0.15, -0.1) is 0 Å². The van der Waals surface area contributed by atoms with Gasteiger partial charge in [-0.05, 0) is 51.8 Å². The van der Waals surface area contributed by atoms with Crippen LogP contribution in [0.2, 0.25) is 0 Å². The molecule has 5 heteroatoms. The van der Waals surface area contributed by atoms with Gasteiger partial charge in [0.1, 0.15) is 11.5 Å². The average molecular weight is 625 g/mol. The molecule has 2 aromatic rings. The molecule has 4 nitrogen and oxygen atoms in total. The number of aromatic hydroxyl groups is 2. The summed E-state index contributed by atoms with van der Waals surface area (Å²) in [5, 5.41) is 22.0. The van der Waals surface area contributed by atoms with E-state index in [0.717, 1.165) is 22.3 Å². The Morgan fingerprint density at radius 2 is 1.00 bits per heavy atom. The molecule has 0 fully saturated rings. The normalized spacial score (nSPS) is 14.2. The largest absolute Gasteiger partial charge is 0.507 e. The van der Waals surface area contributed by atoms with Gasteiger partial charge in [0.15, 0.2) is 0 Å². The molecule has 0 heterocycles. The van der Waals surface area contributed by atoms with Crippen LogP contribution in [0.3, 0.4) is 0 Å². The summed E-state index contributed by atoms with van der Waals surface area (Å²) in [6.45, 7) is 28.2. The Bertz CT molecular complexity index is 1170. The number of nitrogens with zero attached hydrogens (tertiary/aromatic N) is 2. The molecule has 2 rings (SSSR count). The zero-order valence-electron chi connectivity index (χ0n) is 26.0. The molecule has 0 aromatic heterocycles. The summed E-state index contributed by atoms with van der Waals surface area (Å²) in [4.78, 5) is 9.34. The standard InChI is InChI=1S/C33H50N2O2.Sn/c1-21(35-20-23-15-25(31(5,6)7)17-27(29(23)37)33(11,12)13)18-34-19-22-14-24(30(2,3)4)16-26(28(22)36)32(8,9)10;/h14-17,19-21,36-37H,18H2,1-13H3;. The molecule has 0 amide bonds. The predicted octanol–water partition coefficient (Wildman–Crippen LogP) is 7.83. The second-order valence-corrected chi connectivity index (χ2v) is 14.5. The molecule has 0 aliphatic heterocycles. The quantitative estimate of drug-likeness (QED) is 0.263. The first kappa shape index (κ1) is 34.2. The summed E-state index contributed by atoms with van der Waals surface area (Å²) >= 11 is 0. The fourth-order valence-electron chi connectivity index (χ4n) is 4.08. The van der Waals surface area contributed by atoms with Crippen LogP contribution in [-0.2, 0) is 21.7 Å². The van der Waals surface area contributed by atoms with Crippen LogP contribution in [0, 0.1) is 0 Å². The molecule has 4 radical (unpaired) electrons. The molecule has 38 heavy (non-hydrogen) atoms. The molecular formula is C33H50N2O2Sn. The van der Waals surface area contributed by atoms with Crippen molar-refractivity contribution in [1.82, 2.24) is 0 Å². The summed E-state index contributed by atoms with van der Waals surface area (Å²) in [7, 11) is 0. The third-order valence-electron chi connectivity index (χ3n) is 6.69. The average Bonchev–Trinajstić information content (AvgIpc) is 2.70. The predicted molar refractivity (Wildman–Crippen MR) is 166 cm³/mol. The Morgan fingerprint density at radius 1 is 0.632 bits per heavy atom. The van der Waals surface area contributed by atoms with Crippen LogP contribution in [0.25, 0.3) is 0 Å². The summed E-state index contributed by atoms with van der Waals surface area (Å²) in [5.74, 6) is 0.581. The van der Waals surface area contributed by atoms with E-state index in [1.807, 2.05) is 19.1 Å². The maximum absolute atomic E-state index is 11.0. The van der Waals surface area contributed by atoms with E-state index in [1.165, 1.54) is 11.1 Å². The summed E-state index contributed by atoms with van der Waals surface area (Å²) < 4.78 is 0. The number of phenols is 2. The van der Waals surface area contributed by atoms with Crippen LogP contribution in [0.1, 0.15) is 123 Å². The van der Waals surface area contributed by atoms with Gasteiger partial charge in [-0.2, -0.15) is 0 Å². The number of hydrogen-bond acceptors (Lipinski definition) is 4. The molecule has 2 aromatic carbocycles. The fourth-order valence-corrected chi connectivity index (χ4v) is 4.08. The van der Waals surface area contributed by atoms with Gasteiger partial charge in [-0.3, -0.25) is 9.98 Å². The Morgan fingerprint density at radius 3 is 1.34 bits per heavy atom. The SMILES string of the molecule is CC(CN=Cc1cc(C(C)(C)C)cc(C(C)(C)C)c1O)N=Cc1cc(C(C)(C)C)cc(C(C)(C)C)c1O.[Sn]. The first-order valence-electron chi connectivity index (χ1n) is 13.4. The fraction of sp³-hybridized carbons (Fsp3) is 0.576. The van der Waals surface area contributed by atoms with E-state index in [9.17, 15) is 10.2 Å². The third-order valence-corrected chi connectivity index (χ3v) is 6.69. The molecule has 1 unspecified atom stereocenters. The van der Waals surface area contributed by atoms with Crippen LogP contribution in [0.4, 0.5) is 0 Å². The monoisotopic (exact) mass is 626 g/mol. The first-order chi connectivity index (χ1) is 16.6. The Hall–Kier alpha value is -1.82. The maximum Gasteiger partial charge on any atom is 0.128 e. The van der Waals surface area contributed by atoms with E-state index < -0.39 is 0 Å². The van der Waals surface area contributed by atoms with Gasteiger partial charge in [0, 0.05) is 58.6 Å². The smallest absolute Gasteiger partial charge is 0.128 e. The van der Waals surface area contributed by atoms with Crippen molar-refractivity contribution < 1.29 is 10.2 Å². The number of aliphatic imine (C=N–C) groups is 2. The van der Waals surface area contributed by atoms with Crippen LogP contribution >= 0.6 is 0 Å². The van der Waals surface area contributed by atoms with Crippen LogP contribution in [-0.4, -0.2) is 59.1 Å². The van der Waals surface area contributed by atoms with E-state index in [0.29, 0.717) is 18.0 Å². The Balaban J connectivity index is 0.00000722. The van der Waals surface area contributed by atoms with Crippen LogP contribution in [0.15, 0.2) is 34.3 Å². The van der Waals surface area contributed by atoms with Gasteiger partial charge in [0.2, 0.25) is 0 Å². The van der Waals surface area contributed by atoms with Crippen molar-refractivity contribution in [3.63, 3.8) is 0 Å². The molecule has 0 saturated carbocycles. The molecule has 208 valence electrons. The second kappa shape index (κ2) is 12.1. The number of benzene rings is 2. The number of hydrogen-bond donors (Lipinski definition) is 2. The van der Waals surface area contributed by atoms with E-state index in [4.69, 9.17) is 4.99 Å². The number of phenolic OH excluding ortho intramolecular Hbond substituents is 2.